The summed E-state index contributed by atoms with van der Waals surface area (Å²) in [4.78, 5) is 16.7. The Bertz CT molecular complexity index is 1360. The standard InChI is InChI=1S/C23H21N3O7S/c1-2-30-20-11-4-3-10-19(20)22-25-21(33-26-22)15-32-23(27)16-7-5-9-18(13-16)34(28,29)24-14-17-8-6-12-31-17/h3-13,24H,2,14-15H2,1H3. The Hall–Kier alpha value is -3.96. The zero-order chi connectivity index (χ0) is 24.0. The number of aromatic nitrogens is 2. The number of benzene rings is 2. The van der Waals surface area contributed by atoms with E-state index in [2.05, 4.69) is 14.9 Å². The Balaban J connectivity index is 1.40. The molecule has 0 aliphatic rings. The van der Waals surface area contributed by atoms with E-state index in [1.165, 1.54) is 30.5 Å². The van der Waals surface area contributed by atoms with Gasteiger partial charge in [0.25, 0.3) is 5.89 Å². The van der Waals surface area contributed by atoms with E-state index in [1.807, 2.05) is 19.1 Å². The first kappa shape index (κ1) is 23.2. The van der Waals surface area contributed by atoms with Crippen molar-refractivity contribution in [3.8, 4) is 17.1 Å². The molecular formula is C23H21N3O7S. The van der Waals surface area contributed by atoms with Crippen LogP contribution in [0, 0.1) is 0 Å². The highest BCUT2D eigenvalue weighted by molar-refractivity contribution is 7.89. The molecule has 0 saturated carbocycles. The van der Waals surface area contributed by atoms with E-state index in [4.69, 9.17) is 18.4 Å². The van der Waals surface area contributed by atoms with E-state index in [0.29, 0.717) is 29.5 Å². The molecule has 10 nitrogen and oxygen atoms in total. The molecule has 0 unspecified atom stereocenters. The first-order valence-electron chi connectivity index (χ1n) is 10.3. The van der Waals surface area contributed by atoms with Gasteiger partial charge in [0, 0.05) is 0 Å². The van der Waals surface area contributed by atoms with Gasteiger partial charge in [0.2, 0.25) is 15.8 Å². The molecule has 2 aromatic heterocycles. The molecule has 0 saturated heterocycles. The molecular weight excluding hydrogens is 462 g/mol. The van der Waals surface area contributed by atoms with Crippen LogP contribution in [0.15, 0.2) is 80.8 Å². The molecule has 2 aromatic carbocycles. The second-order valence-corrected chi connectivity index (χ2v) is 8.72. The van der Waals surface area contributed by atoms with Crippen LogP contribution in [0.1, 0.15) is 28.9 Å². The maximum atomic E-state index is 12.5. The Morgan fingerprint density at radius 2 is 1.94 bits per heavy atom. The minimum Gasteiger partial charge on any atom is -0.493 e. The lowest BCUT2D eigenvalue weighted by Gasteiger charge is -2.07. The molecule has 2 heterocycles. The predicted molar refractivity (Wildman–Crippen MR) is 119 cm³/mol. The van der Waals surface area contributed by atoms with Gasteiger partial charge >= 0.3 is 5.97 Å². The van der Waals surface area contributed by atoms with Crippen molar-refractivity contribution in [3.05, 3.63) is 84.1 Å². The van der Waals surface area contributed by atoms with Crippen LogP contribution >= 0.6 is 0 Å². The first-order chi connectivity index (χ1) is 16.5. The monoisotopic (exact) mass is 483 g/mol. The fourth-order valence-corrected chi connectivity index (χ4v) is 4.06. The molecule has 4 aromatic rings. The second kappa shape index (κ2) is 10.3. The summed E-state index contributed by atoms with van der Waals surface area (Å²) in [5.41, 5.74) is 0.702. The SMILES string of the molecule is CCOc1ccccc1-c1noc(COC(=O)c2cccc(S(=O)(=O)NCc3ccco3)c2)n1. The Morgan fingerprint density at radius 1 is 1.09 bits per heavy atom. The molecule has 0 amide bonds. The van der Waals surface area contributed by atoms with E-state index in [-0.39, 0.29) is 29.5 Å². The number of hydrogen-bond acceptors (Lipinski definition) is 9. The largest absolute Gasteiger partial charge is 0.493 e. The van der Waals surface area contributed by atoms with Gasteiger partial charge in [-0.15, -0.1) is 0 Å². The molecule has 4 rings (SSSR count). The normalized spacial score (nSPS) is 11.3. The average molecular weight is 484 g/mol. The van der Waals surface area contributed by atoms with Crippen LogP contribution in [-0.2, 0) is 27.9 Å². The van der Waals surface area contributed by atoms with Gasteiger partial charge in [-0.05, 0) is 49.4 Å². The number of furan rings is 1. The summed E-state index contributed by atoms with van der Waals surface area (Å²) in [7, 11) is -3.87. The fourth-order valence-electron chi connectivity index (χ4n) is 3.02. The smallest absolute Gasteiger partial charge is 0.338 e. The molecule has 0 fully saturated rings. The van der Waals surface area contributed by atoms with Crippen molar-refractivity contribution >= 4 is 16.0 Å². The van der Waals surface area contributed by atoms with Crippen LogP contribution in [0.2, 0.25) is 0 Å². The summed E-state index contributed by atoms with van der Waals surface area (Å²) in [5, 5.41) is 3.92. The summed E-state index contributed by atoms with van der Waals surface area (Å²) in [6.45, 7) is 2.05. The van der Waals surface area contributed by atoms with E-state index in [9.17, 15) is 13.2 Å². The lowest BCUT2D eigenvalue weighted by molar-refractivity contribution is 0.0429. The minimum absolute atomic E-state index is 0.0179. The number of nitrogens with zero attached hydrogens (tertiary/aromatic N) is 2. The van der Waals surface area contributed by atoms with Gasteiger partial charge < -0.3 is 18.4 Å². The Morgan fingerprint density at radius 3 is 2.74 bits per heavy atom. The minimum atomic E-state index is -3.87. The summed E-state index contributed by atoms with van der Waals surface area (Å²) in [5.74, 6) is 0.705. The number of para-hydroxylation sites is 1. The topological polar surface area (TPSA) is 134 Å². The summed E-state index contributed by atoms with van der Waals surface area (Å²) < 4.78 is 48.6. The number of sulfonamides is 1. The third-order valence-electron chi connectivity index (χ3n) is 4.62. The lowest BCUT2D eigenvalue weighted by Crippen LogP contribution is -2.23. The summed E-state index contributed by atoms with van der Waals surface area (Å²) in [6, 6.07) is 16.0. The number of rotatable bonds is 10. The van der Waals surface area contributed by atoms with Crippen LogP contribution in [-0.4, -0.2) is 31.1 Å². The van der Waals surface area contributed by atoms with Gasteiger partial charge in [-0.3, -0.25) is 0 Å². The zero-order valence-corrected chi connectivity index (χ0v) is 18.9. The maximum absolute atomic E-state index is 12.5. The number of nitrogens with one attached hydrogen (secondary N) is 1. The second-order valence-electron chi connectivity index (χ2n) is 6.95. The molecule has 0 aliphatic carbocycles. The Kier molecular flexibility index (Phi) is 7.04. The average Bonchev–Trinajstić information content (AvgIpc) is 3.54. The van der Waals surface area contributed by atoms with Crippen molar-refractivity contribution in [1.82, 2.24) is 14.9 Å². The molecule has 1 N–H and O–H groups in total. The molecule has 0 spiro atoms. The van der Waals surface area contributed by atoms with Gasteiger partial charge in [-0.2, -0.15) is 4.98 Å². The molecule has 0 radical (unpaired) electrons. The van der Waals surface area contributed by atoms with Crippen molar-refractivity contribution in [2.45, 2.75) is 25.0 Å². The summed E-state index contributed by atoms with van der Waals surface area (Å²) >= 11 is 0. The van der Waals surface area contributed by atoms with Crippen molar-refractivity contribution in [3.63, 3.8) is 0 Å². The van der Waals surface area contributed by atoms with Gasteiger partial charge in [0.05, 0.1) is 35.4 Å². The van der Waals surface area contributed by atoms with Crippen LogP contribution < -0.4 is 9.46 Å². The van der Waals surface area contributed by atoms with Crippen molar-refractivity contribution < 1.29 is 31.6 Å². The number of ether oxygens (including phenoxy) is 2. The van der Waals surface area contributed by atoms with Crippen molar-refractivity contribution in [2.24, 2.45) is 0 Å². The van der Waals surface area contributed by atoms with Crippen LogP contribution in [0.25, 0.3) is 11.4 Å². The van der Waals surface area contributed by atoms with E-state index in [1.54, 1.807) is 24.3 Å². The van der Waals surface area contributed by atoms with Crippen molar-refractivity contribution in [2.75, 3.05) is 6.61 Å². The van der Waals surface area contributed by atoms with Crippen molar-refractivity contribution in [1.29, 1.82) is 0 Å². The molecule has 0 bridgehead atoms. The van der Waals surface area contributed by atoms with Crippen LogP contribution in [0.4, 0.5) is 0 Å². The van der Waals surface area contributed by atoms with E-state index >= 15 is 0 Å². The summed E-state index contributed by atoms with van der Waals surface area (Å²) in [6.07, 6.45) is 1.45. The van der Waals surface area contributed by atoms with Gasteiger partial charge in [0.15, 0.2) is 6.61 Å². The lowest BCUT2D eigenvalue weighted by atomic mass is 10.2. The molecule has 0 aliphatic heterocycles. The zero-order valence-electron chi connectivity index (χ0n) is 18.1. The fraction of sp³-hybridized carbons (Fsp3) is 0.174. The third kappa shape index (κ3) is 5.50. The number of esters is 1. The highest BCUT2D eigenvalue weighted by Gasteiger charge is 2.19. The maximum Gasteiger partial charge on any atom is 0.338 e. The van der Waals surface area contributed by atoms with Gasteiger partial charge in [0.1, 0.15) is 11.5 Å². The Labute approximate surface area is 195 Å². The number of carbonyl (C=O) groups excluding carboxylic acids is 1. The number of carbonyl (C=O) groups is 1. The molecule has 0 atom stereocenters. The van der Waals surface area contributed by atoms with E-state index in [0.717, 1.165) is 0 Å². The molecule has 34 heavy (non-hydrogen) atoms. The van der Waals surface area contributed by atoms with Crippen LogP contribution in [0.3, 0.4) is 0 Å². The van der Waals surface area contributed by atoms with Crippen LogP contribution in [0.5, 0.6) is 5.75 Å². The van der Waals surface area contributed by atoms with Gasteiger partial charge in [-0.25, -0.2) is 17.9 Å². The highest BCUT2D eigenvalue weighted by Crippen LogP contribution is 2.27. The predicted octanol–water partition coefficient (Wildman–Crippen LogP) is 3.56. The van der Waals surface area contributed by atoms with E-state index < -0.39 is 16.0 Å². The third-order valence-corrected chi connectivity index (χ3v) is 6.02. The quantitative estimate of drug-likeness (QED) is 0.336. The first-order valence-corrected chi connectivity index (χ1v) is 11.8. The highest BCUT2D eigenvalue weighted by atomic mass is 32.2. The number of hydrogen-bond donors (Lipinski definition) is 1. The molecule has 176 valence electrons. The molecule has 11 heteroatoms. The van der Waals surface area contributed by atoms with Gasteiger partial charge in [-0.1, -0.05) is 23.4 Å².